The molecule has 0 radical (unpaired) electrons. The van der Waals surface area contributed by atoms with E-state index in [1.807, 2.05) is 48.5 Å². The molecule has 2 aromatic rings. The third-order valence-electron chi connectivity index (χ3n) is 4.04. The number of nitrogens with two attached hydrogens (primary N) is 1. The van der Waals surface area contributed by atoms with Gasteiger partial charge in [-0.3, -0.25) is 4.90 Å². The Kier molecular flexibility index (Phi) is 4.37. The van der Waals surface area contributed by atoms with Crippen molar-refractivity contribution in [3.8, 4) is 5.75 Å². The summed E-state index contributed by atoms with van der Waals surface area (Å²) in [6, 6.07) is 15.5. The van der Waals surface area contributed by atoms with E-state index in [2.05, 4.69) is 0 Å². The molecule has 1 aliphatic rings. The van der Waals surface area contributed by atoms with Gasteiger partial charge in [-0.15, -0.1) is 0 Å². The summed E-state index contributed by atoms with van der Waals surface area (Å²) in [5.74, 6) is 0.825. The van der Waals surface area contributed by atoms with Crippen molar-refractivity contribution >= 4 is 11.8 Å². The fraction of sp³-hybridized carbons (Fsp3) is 0.278. The highest BCUT2D eigenvalue weighted by molar-refractivity contribution is 5.70. The minimum atomic E-state index is -0.264. The van der Waals surface area contributed by atoms with E-state index in [1.54, 1.807) is 12.0 Å². The Morgan fingerprint density at radius 3 is 2.43 bits per heavy atom. The third kappa shape index (κ3) is 3.56. The van der Waals surface area contributed by atoms with Gasteiger partial charge in [0.2, 0.25) is 0 Å². The third-order valence-corrected chi connectivity index (χ3v) is 4.04. The average Bonchev–Trinajstić information content (AvgIpc) is 2.91. The molecule has 1 saturated heterocycles. The van der Waals surface area contributed by atoms with Crippen LogP contribution in [0.15, 0.2) is 48.5 Å². The van der Waals surface area contributed by atoms with Crippen LogP contribution in [0, 0.1) is 0 Å². The molecule has 0 spiro atoms. The van der Waals surface area contributed by atoms with Gasteiger partial charge in [-0.1, -0.05) is 24.3 Å². The second kappa shape index (κ2) is 6.60. The van der Waals surface area contributed by atoms with Gasteiger partial charge >= 0.3 is 6.09 Å². The molecule has 23 heavy (non-hydrogen) atoms. The Labute approximate surface area is 135 Å². The van der Waals surface area contributed by atoms with Gasteiger partial charge < -0.3 is 15.2 Å². The van der Waals surface area contributed by atoms with Crippen LogP contribution in [0.4, 0.5) is 10.5 Å². The molecule has 1 amide bonds. The number of hydrogen-bond acceptors (Lipinski definition) is 4. The first-order chi connectivity index (χ1) is 11.2. The van der Waals surface area contributed by atoms with Crippen LogP contribution in [0.3, 0.4) is 0 Å². The summed E-state index contributed by atoms with van der Waals surface area (Å²) >= 11 is 0. The molecule has 2 N–H and O–H groups in total. The highest BCUT2D eigenvalue weighted by Gasteiger charge is 2.32. The van der Waals surface area contributed by atoms with Crippen LogP contribution < -0.4 is 10.5 Å². The van der Waals surface area contributed by atoms with Crippen molar-refractivity contribution in [1.82, 2.24) is 4.90 Å². The number of rotatable bonds is 5. The maximum atomic E-state index is 12.0. The summed E-state index contributed by atoms with van der Waals surface area (Å²) in [5.41, 5.74) is 8.60. The van der Waals surface area contributed by atoms with E-state index in [9.17, 15) is 4.79 Å². The van der Waals surface area contributed by atoms with Crippen LogP contribution in [0.2, 0.25) is 0 Å². The lowest BCUT2D eigenvalue weighted by Crippen LogP contribution is -2.34. The molecular formula is C18H20N2O3. The SMILES string of the molecule is COc1ccc(C[C@H]2COC(=O)N2Cc2ccc(N)cc2)cc1. The van der Waals surface area contributed by atoms with Gasteiger partial charge in [-0.25, -0.2) is 4.79 Å². The quantitative estimate of drug-likeness (QED) is 0.862. The van der Waals surface area contributed by atoms with Crippen LogP contribution >= 0.6 is 0 Å². The molecule has 1 aliphatic heterocycles. The highest BCUT2D eigenvalue weighted by Crippen LogP contribution is 2.21. The predicted molar refractivity (Wildman–Crippen MR) is 88.2 cm³/mol. The largest absolute Gasteiger partial charge is 0.497 e. The number of nitrogen functional groups attached to an aromatic ring is 1. The van der Waals surface area contributed by atoms with Crippen LogP contribution in [0.25, 0.3) is 0 Å². The molecule has 120 valence electrons. The molecule has 5 nitrogen and oxygen atoms in total. The number of cyclic esters (lactones) is 1. The van der Waals surface area contributed by atoms with Crippen molar-refractivity contribution in [3.63, 3.8) is 0 Å². The molecule has 5 heteroatoms. The van der Waals surface area contributed by atoms with E-state index >= 15 is 0 Å². The fourth-order valence-corrected chi connectivity index (χ4v) is 2.71. The molecule has 1 fully saturated rings. The minimum absolute atomic E-state index is 0.0356. The van der Waals surface area contributed by atoms with Crippen molar-refractivity contribution in [2.45, 2.75) is 19.0 Å². The van der Waals surface area contributed by atoms with E-state index in [-0.39, 0.29) is 12.1 Å². The van der Waals surface area contributed by atoms with Gasteiger partial charge in [0.1, 0.15) is 12.4 Å². The lowest BCUT2D eigenvalue weighted by molar-refractivity contribution is 0.156. The topological polar surface area (TPSA) is 64.8 Å². The summed E-state index contributed by atoms with van der Waals surface area (Å²) in [5, 5.41) is 0. The molecule has 1 atom stereocenters. The molecule has 0 unspecified atom stereocenters. The van der Waals surface area contributed by atoms with Gasteiger partial charge in [-0.2, -0.15) is 0 Å². The number of carbonyl (C=O) groups excluding carboxylic acids is 1. The summed E-state index contributed by atoms with van der Waals surface area (Å²) in [7, 11) is 1.65. The summed E-state index contributed by atoms with van der Waals surface area (Å²) < 4.78 is 10.4. The first-order valence-electron chi connectivity index (χ1n) is 7.56. The van der Waals surface area contributed by atoms with Gasteiger partial charge in [0.25, 0.3) is 0 Å². The molecular weight excluding hydrogens is 292 g/mol. The Balaban J connectivity index is 1.69. The molecule has 0 aromatic heterocycles. The monoisotopic (exact) mass is 312 g/mol. The Hall–Kier alpha value is -2.69. The Morgan fingerprint density at radius 1 is 1.13 bits per heavy atom. The Bertz CT molecular complexity index is 668. The second-order valence-electron chi connectivity index (χ2n) is 5.65. The number of nitrogens with zero attached hydrogens (tertiary/aromatic N) is 1. The fourth-order valence-electron chi connectivity index (χ4n) is 2.71. The summed E-state index contributed by atoms with van der Waals surface area (Å²) in [6.45, 7) is 0.944. The van der Waals surface area contributed by atoms with Gasteiger partial charge in [0.05, 0.1) is 13.2 Å². The number of hydrogen-bond donors (Lipinski definition) is 1. The van der Waals surface area contributed by atoms with E-state index in [0.717, 1.165) is 23.3 Å². The zero-order valence-electron chi connectivity index (χ0n) is 13.1. The highest BCUT2D eigenvalue weighted by atomic mass is 16.6. The van der Waals surface area contributed by atoms with E-state index in [4.69, 9.17) is 15.2 Å². The van der Waals surface area contributed by atoms with Crippen molar-refractivity contribution in [1.29, 1.82) is 0 Å². The summed E-state index contributed by atoms with van der Waals surface area (Å²) in [4.78, 5) is 13.8. The molecule has 2 aromatic carbocycles. The van der Waals surface area contributed by atoms with Crippen LogP contribution in [-0.4, -0.2) is 30.8 Å². The Morgan fingerprint density at radius 2 is 1.78 bits per heavy atom. The number of benzene rings is 2. The lowest BCUT2D eigenvalue weighted by atomic mass is 10.0. The van der Waals surface area contributed by atoms with Crippen molar-refractivity contribution < 1.29 is 14.3 Å². The summed E-state index contributed by atoms with van der Waals surface area (Å²) in [6.07, 6.45) is 0.491. The van der Waals surface area contributed by atoms with Gasteiger partial charge in [0, 0.05) is 12.2 Å². The number of ether oxygens (including phenoxy) is 2. The normalized spacial score (nSPS) is 17.2. The number of amides is 1. The average molecular weight is 312 g/mol. The first-order valence-corrected chi connectivity index (χ1v) is 7.56. The van der Waals surface area contributed by atoms with Crippen molar-refractivity contribution in [3.05, 3.63) is 59.7 Å². The smallest absolute Gasteiger partial charge is 0.410 e. The maximum absolute atomic E-state index is 12.0. The molecule has 3 rings (SSSR count). The van der Waals surface area contributed by atoms with Gasteiger partial charge in [-0.05, 0) is 41.8 Å². The van der Waals surface area contributed by atoms with Gasteiger partial charge in [0.15, 0.2) is 0 Å². The van der Waals surface area contributed by atoms with Crippen molar-refractivity contribution in [2.24, 2.45) is 0 Å². The first kappa shape index (κ1) is 15.2. The van der Waals surface area contributed by atoms with Crippen LogP contribution in [0.5, 0.6) is 5.75 Å². The zero-order chi connectivity index (χ0) is 16.2. The predicted octanol–water partition coefficient (Wildman–Crippen LogP) is 2.84. The molecule has 0 aliphatic carbocycles. The standard InChI is InChI=1S/C18H20N2O3/c1-22-17-8-4-13(5-9-17)10-16-12-23-18(21)20(16)11-14-2-6-15(19)7-3-14/h2-9,16H,10-12,19H2,1H3/t16-/m0/s1. The van der Waals surface area contributed by atoms with E-state index in [1.165, 1.54) is 0 Å². The van der Waals surface area contributed by atoms with Crippen LogP contribution in [0.1, 0.15) is 11.1 Å². The minimum Gasteiger partial charge on any atom is -0.497 e. The zero-order valence-corrected chi connectivity index (χ0v) is 13.1. The molecule has 1 heterocycles. The molecule has 0 bridgehead atoms. The van der Waals surface area contributed by atoms with E-state index < -0.39 is 0 Å². The second-order valence-corrected chi connectivity index (χ2v) is 5.65. The van der Waals surface area contributed by atoms with E-state index in [0.29, 0.717) is 18.8 Å². The van der Waals surface area contributed by atoms with Crippen molar-refractivity contribution in [2.75, 3.05) is 19.5 Å². The van der Waals surface area contributed by atoms with Crippen LogP contribution in [-0.2, 0) is 17.7 Å². The maximum Gasteiger partial charge on any atom is 0.410 e. The number of carbonyl (C=O) groups is 1. The number of anilines is 1. The molecule has 0 saturated carbocycles. The lowest BCUT2D eigenvalue weighted by Gasteiger charge is -2.21. The number of methoxy groups -OCH3 is 1.